The van der Waals surface area contributed by atoms with Crippen molar-refractivity contribution in [1.29, 1.82) is 0 Å². The molecule has 1 heterocycles. The highest BCUT2D eigenvalue weighted by Crippen LogP contribution is 2.36. The van der Waals surface area contributed by atoms with E-state index >= 15 is 0 Å². The summed E-state index contributed by atoms with van der Waals surface area (Å²) in [7, 11) is 0. The SMILES string of the molecule is c1ccc2cc3c4ccccc4c4ccccc4c3cc2c1.c1ccsc1. The summed E-state index contributed by atoms with van der Waals surface area (Å²) >= 11 is 1.71. The van der Waals surface area contributed by atoms with Gasteiger partial charge in [0.2, 0.25) is 0 Å². The number of rotatable bonds is 0. The van der Waals surface area contributed by atoms with E-state index in [1.54, 1.807) is 11.3 Å². The second kappa shape index (κ2) is 6.86. The van der Waals surface area contributed by atoms with Crippen molar-refractivity contribution >= 4 is 54.4 Å². The van der Waals surface area contributed by atoms with Crippen molar-refractivity contribution in [3.05, 3.63) is 108 Å². The minimum absolute atomic E-state index is 1.30. The predicted octanol–water partition coefficient (Wildman–Crippen LogP) is 8.05. The van der Waals surface area contributed by atoms with Gasteiger partial charge < -0.3 is 0 Å². The van der Waals surface area contributed by atoms with E-state index in [0.29, 0.717) is 0 Å². The summed E-state index contributed by atoms with van der Waals surface area (Å²) in [5, 5.41) is 14.7. The Balaban J connectivity index is 0.000000280. The van der Waals surface area contributed by atoms with Gasteiger partial charge in [-0.25, -0.2) is 0 Å². The van der Waals surface area contributed by atoms with Gasteiger partial charge in [-0.15, -0.1) is 0 Å². The van der Waals surface area contributed by atoms with Crippen LogP contribution in [0.5, 0.6) is 0 Å². The highest BCUT2D eigenvalue weighted by atomic mass is 32.1. The molecule has 0 N–H and O–H groups in total. The lowest BCUT2D eigenvalue weighted by molar-refractivity contribution is 1.78. The van der Waals surface area contributed by atoms with Crippen LogP contribution < -0.4 is 0 Å². The third-order valence-corrected chi connectivity index (χ3v) is 5.66. The van der Waals surface area contributed by atoms with Gasteiger partial charge in [0.15, 0.2) is 0 Å². The predicted molar refractivity (Wildman–Crippen MR) is 121 cm³/mol. The van der Waals surface area contributed by atoms with Crippen LogP contribution in [0.15, 0.2) is 108 Å². The average Bonchev–Trinajstić information content (AvgIpc) is 3.33. The van der Waals surface area contributed by atoms with Crippen LogP contribution in [0.3, 0.4) is 0 Å². The maximum atomic E-state index is 2.33. The van der Waals surface area contributed by atoms with Crippen molar-refractivity contribution in [2.24, 2.45) is 0 Å². The van der Waals surface area contributed by atoms with Gasteiger partial charge in [-0.3, -0.25) is 0 Å². The monoisotopic (exact) mass is 362 g/mol. The van der Waals surface area contributed by atoms with E-state index in [0.717, 1.165) is 0 Å². The molecule has 0 fully saturated rings. The van der Waals surface area contributed by atoms with Gasteiger partial charge >= 0.3 is 0 Å². The smallest absolute Gasteiger partial charge is 0.00926 e. The highest BCUT2D eigenvalue weighted by Gasteiger charge is 2.08. The van der Waals surface area contributed by atoms with Crippen LogP contribution in [0.4, 0.5) is 0 Å². The zero-order chi connectivity index (χ0) is 18.1. The molecule has 27 heavy (non-hydrogen) atoms. The standard InChI is InChI=1S/C22H14.C4H4S/c1-2-8-16-14-22-20-12-6-4-10-18(20)17-9-3-5-11-19(17)21(22)13-15(16)7-1;1-2-4-5-3-1/h1-14H;1-4H. The first kappa shape index (κ1) is 16.0. The molecule has 1 heteroatoms. The lowest BCUT2D eigenvalue weighted by Crippen LogP contribution is -1.83. The van der Waals surface area contributed by atoms with Gasteiger partial charge in [0.05, 0.1) is 0 Å². The van der Waals surface area contributed by atoms with E-state index in [9.17, 15) is 0 Å². The molecule has 1 aromatic heterocycles. The summed E-state index contributed by atoms with van der Waals surface area (Å²) in [5.74, 6) is 0. The average molecular weight is 362 g/mol. The molecule has 6 aromatic rings. The fourth-order valence-electron chi connectivity index (χ4n) is 3.82. The molecule has 0 radical (unpaired) electrons. The maximum Gasteiger partial charge on any atom is -0.00926 e. The Morgan fingerprint density at radius 2 is 0.741 bits per heavy atom. The Bertz CT molecular complexity index is 1250. The Kier molecular flexibility index (Phi) is 4.08. The molecule has 0 aliphatic heterocycles. The van der Waals surface area contributed by atoms with E-state index in [4.69, 9.17) is 0 Å². The molecule has 0 bridgehead atoms. The Morgan fingerprint density at radius 1 is 0.370 bits per heavy atom. The summed E-state index contributed by atoms with van der Waals surface area (Å²) in [5.41, 5.74) is 0. The first-order valence-electron chi connectivity index (χ1n) is 9.11. The van der Waals surface area contributed by atoms with Crippen molar-refractivity contribution in [3.63, 3.8) is 0 Å². The summed E-state index contributed by atoms with van der Waals surface area (Å²) in [6.07, 6.45) is 0. The van der Waals surface area contributed by atoms with Crippen LogP contribution in [0, 0.1) is 0 Å². The fraction of sp³-hybridized carbons (Fsp3) is 0. The van der Waals surface area contributed by atoms with Crippen LogP contribution in [-0.2, 0) is 0 Å². The summed E-state index contributed by atoms with van der Waals surface area (Å²) in [6.45, 7) is 0. The van der Waals surface area contributed by atoms with Gasteiger partial charge in [0, 0.05) is 0 Å². The van der Waals surface area contributed by atoms with E-state index in [-0.39, 0.29) is 0 Å². The van der Waals surface area contributed by atoms with E-state index in [1.165, 1.54) is 43.1 Å². The third kappa shape index (κ3) is 2.87. The van der Waals surface area contributed by atoms with Crippen molar-refractivity contribution < 1.29 is 0 Å². The summed E-state index contributed by atoms with van der Waals surface area (Å²) in [4.78, 5) is 0. The fourth-order valence-corrected chi connectivity index (χ4v) is 4.27. The molecule has 0 saturated carbocycles. The number of thiophene rings is 1. The first-order valence-corrected chi connectivity index (χ1v) is 10.1. The van der Waals surface area contributed by atoms with Crippen molar-refractivity contribution in [2.75, 3.05) is 0 Å². The molecular formula is C26H18S. The number of hydrogen-bond donors (Lipinski definition) is 0. The first-order chi connectivity index (χ1) is 13.4. The molecule has 0 aliphatic carbocycles. The van der Waals surface area contributed by atoms with Gasteiger partial charge in [-0.2, -0.15) is 11.3 Å². The largest absolute Gasteiger partial charge is 0.152 e. The van der Waals surface area contributed by atoms with Crippen molar-refractivity contribution in [2.45, 2.75) is 0 Å². The molecule has 0 amide bonds. The molecule has 128 valence electrons. The zero-order valence-electron chi connectivity index (χ0n) is 14.8. The van der Waals surface area contributed by atoms with Gasteiger partial charge in [0.1, 0.15) is 0 Å². The molecule has 0 aliphatic rings. The molecule has 0 unspecified atom stereocenters. The topological polar surface area (TPSA) is 0 Å². The summed E-state index contributed by atoms with van der Waals surface area (Å²) in [6, 6.07) is 34.7. The second-order valence-electron chi connectivity index (χ2n) is 6.63. The third-order valence-electron chi connectivity index (χ3n) is 5.04. The van der Waals surface area contributed by atoms with Crippen LogP contribution in [-0.4, -0.2) is 0 Å². The summed E-state index contributed by atoms with van der Waals surface area (Å²) < 4.78 is 0. The second-order valence-corrected chi connectivity index (χ2v) is 7.45. The Morgan fingerprint density at radius 3 is 1.11 bits per heavy atom. The minimum atomic E-state index is 1.30. The normalized spacial score (nSPS) is 11.0. The van der Waals surface area contributed by atoms with E-state index in [2.05, 4.69) is 84.9 Å². The van der Waals surface area contributed by atoms with E-state index in [1.807, 2.05) is 22.9 Å². The molecule has 6 rings (SSSR count). The zero-order valence-corrected chi connectivity index (χ0v) is 15.6. The number of benzene rings is 5. The molecule has 0 atom stereocenters. The number of fused-ring (bicyclic) bond motifs is 7. The molecule has 5 aromatic carbocycles. The Hall–Kier alpha value is -3.16. The van der Waals surface area contributed by atoms with Crippen molar-refractivity contribution in [1.82, 2.24) is 0 Å². The van der Waals surface area contributed by atoms with Crippen molar-refractivity contribution in [3.8, 4) is 0 Å². The molecule has 0 spiro atoms. The van der Waals surface area contributed by atoms with Crippen LogP contribution >= 0.6 is 11.3 Å². The Labute approximate surface area is 162 Å². The minimum Gasteiger partial charge on any atom is -0.152 e. The molecule has 0 nitrogen and oxygen atoms in total. The van der Waals surface area contributed by atoms with Gasteiger partial charge in [-0.1, -0.05) is 84.9 Å². The maximum absolute atomic E-state index is 2.33. The number of hydrogen-bond acceptors (Lipinski definition) is 1. The molecular weight excluding hydrogens is 344 g/mol. The highest BCUT2D eigenvalue weighted by molar-refractivity contribution is 7.07. The lowest BCUT2D eigenvalue weighted by Gasteiger charge is -2.11. The quantitative estimate of drug-likeness (QED) is 0.189. The van der Waals surface area contributed by atoms with E-state index < -0.39 is 0 Å². The van der Waals surface area contributed by atoms with Gasteiger partial charge in [-0.05, 0) is 66.0 Å². The van der Waals surface area contributed by atoms with Crippen LogP contribution in [0.2, 0.25) is 0 Å². The van der Waals surface area contributed by atoms with Crippen LogP contribution in [0.25, 0.3) is 43.1 Å². The van der Waals surface area contributed by atoms with Gasteiger partial charge in [0.25, 0.3) is 0 Å². The van der Waals surface area contributed by atoms with Crippen LogP contribution in [0.1, 0.15) is 0 Å². The molecule has 0 saturated heterocycles. The lowest BCUT2D eigenvalue weighted by atomic mass is 9.92.